The Balaban J connectivity index is 2.38. The summed E-state index contributed by atoms with van der Waals surface area (Å²) < 4.78 is 11.2. The molecule has 0 bridgehead atoms. The molecule has 1 aromatic heterocycles. The molecule has 0 fully saturated rings. The summed E-state index contributed by atoms with van der Waals surface area (Å²) >= 11 is 0. The van der Waals surface area contributed by atoms with Gasteiger partial charge in [-0.3, -0.25) is 0 Å². The van der Waals surface area contributed by atoms with E-state index in [1.165, 1.54) is 0 Å². The summed E-state index contributed by atoms with van der Waals surface area (Å²) in [6.07, 6.45) is 0.770. The number of anilines is 2. The molecule has 0 spiro atoms. The molecule has 0 saturated carbocycles. The van der Waals surface area contributed by atoms with Gasteiger partial charge in [-0.15, -0.1) is 0 Å². The van der Waals surface area contributed by atoms with Crippen LogP contribution in [0, 0.1) is 39.0 Å². The van der Waals surface area contributed by atoms with Crippen LogP contribution in [0.3, 0.4) is 0 Å². The normalized spacial score (nSPS) is 11.7. The summed E-state index contributed by atoms with van der Waals surface area (Å²) in [6, 6.07) is 5.91. The zero-order valence-electron chi connectivity index (χ0n) is 16.3. The van der Waals surface area contributed by atoms with Crippen LogP contribution in [0.5, 0.6) is 5.88 Å². The Kier molecular flexibility index (Phi) is 6.53. The number of nitrogens with one attached hydrogen (secondary N) is 1. The third kappa shape index (κ3) is 4.50. The maximum absolute atomic E-state index is 9.12. The average Bonchev–Trinajstić information content (AvgIpc) is 2.60. The maximum Gasteiger partial charge on any atom is 0.222 e. The van der Waals surface area contributed by atoms with Crippen LogP contribution in [0.25, 0.3) is 0 Å². The molecule has 2 aromatic rings. The molecule has 1 unspecified atom stereocenters. The van der Waals surface area contributed by atoms with Gasteiger partial charge in [0.1, 0.15) is 17.7 Å². The largest absolute Gasteiger partial charge is 0.472 e. The number of ether oxygens (including phenoxy) is 2. The summed E-state index contributed by atoms with van der Waals surface area (Å²) in [7, 11) is 1.66. The molecule has 0 radical (unpaired) electrons. The second-order valence-electron chi connectivity index (χ2n) is 6.37. The fraction of sp³-hybridized carbons (Fsp3) is 0.450. The highest BCUT2D eigenvalue weighted by Gasteiger charge is 2.16. The molecule has 0 aliphatic heterocycles. The van der Waals surface area contributed by atoms with Gasteiger partial charge in [-0.1, -0.05) is 6.92 Å². The lowest BCUT2D eigenvalue weighted by atomic mass is 10.0. The van der Waals surface area contributed by atoms with Gasteiger partial charge in [-0.05, 0) is 57.4 Å². The van der Waals surface area contributed by atoms with Gasteiger partial charge in [0.2, 0.25) is 5.88 Å². The van der Waals surface area contributed by atoms with E-state index < -0.39 is 0 Å². The van der Waals surface area contributed by atoms with Gasteiger partial charge in [0.05, 0.1) is 23.8 Å². The van der Waals surface area contributed by atoms with E-state index in [-0.39, 0.29) is 6.10 Å². The van der Waals surface area contributed by atoms with E-state index in [2.05, 4.69) is 28.3 Å². The van der Waals surface area contributed by atoms with Crippen LogP contribution in [0.15, 0.2) is 12.1 Å². The Hall–Kier alpha value is -2.65. The number of aryl methyl sites for hydroxylation is 3. The van der Waals surface area contributed by atoms with E-state index in [0.29, 0.717) is 29.7 Å². The molecule has 2 rings (SSSR count). The lowest BCUT2D eigenvalue weighted by Crippen LogP contribution is -2.22. The third-order valence-electron chi connectivity index (χ3n) is 4.20. The first kappa shape index (κ1) is 19.7. The molecule has 6 nitrogen and oxygen atoms in total. The number of nitriles is 1. The fourth-order valence-electron chi connectivity index (χ4n) is 2.76. The van der Waals surface area contributed by atoms with Gasteiger partial charge < -0.3 is 14.8 Å². The molecule has 0 saturated heterocycles. The van der Waals surface area contributed by atoms with Crippen molar-refractivity contribution in [2.45, 2.75) is 47.1 Å². The van der Waals surface area contributed by atoms with Crippen molar-refractivity contribution < 1.29 is 9.47 Å². The Bertz CT molecular complexity index is 804. The molecule has 26 heavy (non-hydrogen) atoms. The molecule has 0 aliphatic carbocycles. The first-order chi connectivity index (χ1) is 12.4. The van der Waals surface area contributed by atoms with Gasteiger partial charge >= 0.3 is 0 Å². The maximum atomic E-state index is 9.12. The van der Waals surface area contributed by atoms with Crippen molar-refractivity contribution in [2.75, 3.05) is 19.0 Å². The zero-order chi connectivity index (χ0) is 19.3. The van der Waals surface area contributed by atoms with Crippen LogP contribution in [0.1, 0.15) is 41.4 Å². The quantitative estimate of drug-likeness (QED) is 0.805. The van der Waals surface area contributed by atoms with E-state index in [4.69, 9.17) is 14.7 Å². The molecule has 1 heterocycles. The fourth-order valence-corrected chi connectivity index (χ4v) is 2.76. The second kappa shape index (κ2) is 8.63. The van der Waals surface area contributed by atoms with Crippen LogP contribution in [0.4, 0.5) is 11.5 Å². The van der Waals surface area contributed by atoms with E-state index >= 15 is 0 Å². The van der Waals surface area contributed by atoms with E-state index in [1.807, 2.05) is 39.8 Å². The van der Waals surface area contributed by atoms with Crippen LogP contribution < -0.4 is 10.1 Å². The Labute approximate surface area is 155 Å². The lowest BCUT2D eigenvalue weighted by molar-refractivity contribution is 0.0750. The van der Waals surface area contributed by atoms with Crippen molar-refractivity contribution in [1.82, 2.24) is 9.97 Å². The first-order valence-corrected chi connectivity index (χ1v) is 8.68. The van der Waals surface area contributed by atoms with E-state index in [9.17, 15) is 0 Å². The standard InChI is InChI=1S/C20H26N4O2/c1-7-17(11-25-6)26-20-14(4)19(22-15(5)23-20)24-18-12(2)8-16(10-21)9-13(18)3/h8-9,17H,7,11H2,1-6H3,(H,22,23,24). The topological polar surface area (TPSA) is 80.1 Å². The lowest BCUT2D eigenvalue weighted by Gasteiger charge is -2.20. The predicted octanol–water partition coefficient (Wildman–Crippen LogP) is 4.13. The monoisotopic (exact) mass is 354 g/mol. The van der Waals surface area contributed by atoms with Crippen LogP contribution in [-0.2, 0) is 4.74 Å². The van der Waals surface area contributed by atoms with Crippen LogP contribution in [0.2, 0.25) is 0 Å². The van der Waals surface area contributed by atoms with Crippen molar-refractivity contribution in [2.24, 2.45) is 0 Å². The molecule has 0 amide bonds. The zero-order valence-corrected chi connectivity index (χ0v) is 16.3. The molecule has 0 aliphatic rings. The van der Waals surface area contributed by atoms with Crippen molar-refractivity contribution in [1.29, 1.82) is 5.26 Å². The molecule has 6 heteroatoms. The summed E-state index contributed by atoms with van der Waals surface area (Å²) in [5.74, 6) is 1.90. The minimum atomic E-state index is -0.0563. The number of rotatable bonds is 7. The SMILES string of the molecule is CCC(COC)Oc1nc(C)nc(Nc2c(C)cc(C#N)cc2C)c1C. The molecule has 1 N–H and O–H groups in total. The minimum absolute atomic E-state index is 0.0563. The third-order valence-corrected chi connectivity index (χ3v) is 4.20. The number of nitrogens with zero attached hydrogens (tertiary/aromatic N) is 3. The van der Waals surface area contributed by atoms with Crippen molar-refractivity contribution in [3.8, 4) is 11.9 Å². The minimum Gasteiger partial charge on any atom is -0.472 e. The molecular formula is C20H26N4O2. The number of aromatic nitrogens is 2. The number of hydrogen-bond donors (Lipinski definition) is 1. The number of methoxy groups -OCH3 is 1. The Morgan fingerprint density at radius 1 is 1.15 bits per heavy atom. The summed E-state index contributed by atoms with van der Waals surface area (Å²) in [5.41, 5.74) is 4.42. The van der Waals surface area contributed by atoms with Gasteiger partial charge in [-0.2, -0.15) is 10.2 Å². The molecule has 138 valence electrons. The van der Waals surface area contributed by atoms with Gasteiger partial charge in [0.25, 0.3) is 0 Å². The smallest absolute Gasteiger partial charge is 0.222 e. The second-order valence-corrected chi connectivity index (χ2v) is 6.37. The van der Waals surface area contributed by atoms with Gasteiger partial charge in [0.15, 0.2) is 0 Å². The van der Waals surface area contributed by atoms with Gasteiger partial charge in [-0.25, -0.2) is 4.98 Å². The summed E-state index contributed by atoms with van der Waals surface area (Å²) in [6.45, 7) is 10.3. The molecule has 1 aromatic carbocycles. The Morgan fingerprint density at radius 3 is 2.35 bits per heavy atom. The molecular weight excluding hydrogens is 328 g/mol. The van der Waals surface area contributed by atoms with E-state index in [0.717, 1.165) is 28.8 Å². The number of benzene rings is 1. The first-order valence-electron chi connectivity index (χ1n) is 8.68. The highest BCUT2D eigenvalue weighted by Crippen LogP contribution is 2.30. The predicted molar refractivity (Wildman–Crippen MR) is 102 cm³/mol. The molecule has 1 atom stereocenters. The number of hydrogen-bond acceptors (Lipinski definition) is 6. The van der Waals surface area contributed by atoms with Crippen LogP contribution >= 0.6 is 0 Å². The average molecular weight is 354 g/mol. The summed E-state index contributed by atoms with van der Waals surface area (Å²) in [4.78, 5) is 8.98. The summed E-state index contributed by atoms with van der Waals surface area (Å²) in [5, 5.41) is 12.5. The van der Waals surface area contributed by atoms with Crippen molar-refractivity contribution in [3.05, 3.63) is 40.2 Å². The van der Waals surface area contributed by atoms with Crippen molar-refractivity contribution in [3.63, 3.8) is 0 Å². The van der Waals surface area contributed by atoms with Crippen LogP contribution in [-0.4, -0.2) is 29.8 Å². The highest BCUT2D eigenvalue weighted by molar-refractivity contribution is 5.68. The highest BCUT2D eigenvalue weighted by atomic mass is 16.5. The Morgan fingerprint density at radius 2 is 1.81 bits per heavy atom. The van der Waals surface area contributed by atoms with E-state index in [1.54, 1.807) is 7.11 Å². The van der Waals surface area contributed by atoms with Crippen molar-refractivity contribution >= 4 is 11.5 Å². The van der Waals surface area contributed by atoms with Gasteiger partial charge in [0, 0.05) is 12.8 Å².